The number of pyridine rings is 1. The minimum atomic E-state index is 0.0137. The number of nitrogens with zero attached hydrogens (tertiary/aromatic N) is 2. The smallest absolute Gasteiger partial charge is 0.253 e. The highest BCUT2D eigenvalue weighted by Gasteiger charge is 2.25. The second kappa shape index (κ2) is 5.29. The fourth-order valence-corrected chi connectivity index (χ4v) is 2.36. The van der Waals surface area contributed by atoms with Crippen LogP contribution in [0.1, 0.15) is 41.7 Å². The van der Waals surface area contributed by atoms with Crippen molar-refractivity contribution in [3.8, 4) is 0 Å². The van der Waals surface area contributed by atoms with Gasteiger partial charge in [0.25, 0.3) is 5.91 Å². The van der Waals surface area contributed by atoms with Crippen molar-refractivity contribution in [1.29, 1.82) is 0 Å². The van der Waals surface area contributed by atoms with Crippen LogP contribution in [-0.4, -0.2) is 34.7 Å². The molecule has 0 N–H and O–H groups in total. The number of aromatic nitrogens is 1. The largest absolute Gasteiger partial charge is 0.339 e. The van der Waals surface area contributed by atoms with Gasteiger partial charge in [0.2, 0.25) is 0 Å². The van der Waals surface area contributed by atoms with Crippen LogP contribution >= 0.6 is 0 Å². The molecule has 2 rings (SSSR count). The molecule has 0 aliphatic heterocycles. The maximum absolute atomic E-state index is 12.3. The number of carbonyl (C=O) groups excluding carboxylic acids is 2. The second-order valence-electron chi connectivity index (χ2n) is 4.87. The minimum absolute atomic E-state index is 0.0137. The highest BCUT2D eigenvalue weighted by molar-refractivity contribution is 5.94. The first-order valence-electron chi connectivity index (χ1n) is 6.29. The number of amides is 1. The van der Waals surface area contributed by atoms with Crippen LogP contribution in [0, 0.1) is 6.92 Å². The van der Waals surface area contributed by atoms with E-state index < -0.39 is 0 Å². The normalized spacial score (nSPS) is 16.7. The summed E-state index contributed by atoms with van der Waals surface area (Å²) in [6.45, 7) is 1.87. The lowest BCUT2D eigenvalue weighted by Crippen LogP contribution is -2.39. The monoisotopic (exact) mass is 246 g/mol. The van der Waals surface area contributed by atoms with Crippen molar-refractivity contribution in [3.63, 3.8) is 0 Å². The number of aryl methyl sites for hydroxylation is 1. The summed E-state index contributed by atoms with van der Waals surface area (Å²) in [5.41, 5.74) is 1.51. The Balaban J connectivity index is 2.07. The Bertz CT molecular complexity index is 461. The van der Waals surface area contributed by atoms with E-state index in [0.717, 1.165) is 18.5 Å². The van der Waals surface area contributed by atoms with Crippen LogP contribution < -0.4 is 0 Å². The molecule has 96 valence electrons. The van der Waals surface area contributed by atoms with Gasteiger partial charge < -0.3 is 4.90 Å². The van der Waals surface area contributed by atoms with Gasteiger partial charge >= 0.3 is 0 Å². The Kier molecular flexibility index (Phi) is 3.75. The summed E-state index contributed by atoms with van der Waals surface area (Å²) in [5, 5.41) is 0. The summed E-state index contributed by atoms with van der Waals surface area (Å²) in [5.74, 6) is 0.326. The van der Waals surface area contributed by atoms with Crippen molar-refractivity contribution in [1.82, 2.24) is 9.88 Å². The molecule has 0 aromatic carbocycles. The third-order valence-electron chi connectivity index (χ3n) is 3.52. The molecule has 1 fully saturated rings. The first-order chi connectivity index (χ1) is 8.58. The molecule has 0 radical (unpaired) electrons. The van der Waals surface area contributed by atoms with Gasteiger partial charge in [-0.2, -0.15) is 0 Å². The second-order valence-corrected chi connectivity index (χ2v) is 4.87. The van der Waals surface area contributed by atoms with Gasteiger partial charge in [0.15, 0.2) is 0 Å². The lowest BCUT2D eigenvalue weighted by atomic mass is 9.93. The Morgan fingerprint density at radius 3 is 2.67 bits per heavy atom. The molecule has 4 heteroatoms. The van der Waals surface area contributed by atoms with Crippen LogP contribution in [0.2, 0.25) is 0 Å². The molecule has 4 nitrogen and oxygen atoms in total. The van der Waals surface area contributed by atoms with Crippen LogP contribution in [-0.2, 0) is 4.79 Å². The van der Waals surface area contributed by atoms with E-state index in [-0.39, 0.29) is 11.9 Å². The number of carbonyl (C=O) groups is 2. The zero-order chi connectivity index (χ0) is 13.1. The van der Waals surface area contributed by atoms with Gasteiger partial charge in [-0.1, -0.05) is 0 Å². The average molecular weight is 246 g/mol. The summed E-state index contributed by atoms with van der Waals surface area (Å²) in [6, 6.07) is 3.72. The quantitative estimate of drug-likeness (QED) is 0.801. The van der Waals surface area contributed by atoms with Gasteiger partial charge in [-0.05, 0) is 31.9 Å². The van der Waals surface area contributed by atoms with Crippen LogP contribution in [0.15, 0.2) is 18.3 Å². The molecule has 0 unspecified atom stereocenters. The highest BCUT2D eigenvalue weighted by Crippen LogP contribution is 2.21. The maximum Gasteiger partial charge on any atom is 0.253 e. The SMILES string of the molecule is Cc1cc(C(=O)N(C)C2CCC(=O)CC2)ccn1. The summed E-state index contributed by atoms with van der Waals surface area (Å²) in [6.07, 6.45) is 4.41. The Morgan fingerprint density at radius 2 is 2.06 bits per heavy atom. The van der Waals surface area contributed by atoms with E-state index in [1.807, 2.05) is 14.0 Å². The molecule has 0 spiro atoms. The molecule has 1 aromatic rings. The third kappa shape index (κ3) is 2.75. The van der Waals surface area contributed by atoms with Gasteiger partial charge in [0.1, 0.15) is 5.78 Å². The van der Waals surface area contributed by atoms with Crippen molar-refractivity contribution in [3.05, 3.63) is 29.6 Å². The van der Waals surface area contributed by atoms with E-state index in [1.54, 1.807) is 23.2 Å². The van der Waals surface area contributed by atoms with E-state index in [0.29, 0.717) is 24.2 Å². The van der Waals surface area contributed by atoms with E-state index in [4.69, 9.17) is 0 Å². The van der Waals surface area contributed by atoms with Gasteiger partial charge in [0, 0.05) is 43.4 Å². The lowest BCUT2D eigenvalue weighted by Gasteiger charge is -2.30. The number of hydrogen-bond donors (Lipinski definition) is 0. The van der Waals surface area contributed by atoms with E-state index in [2.05, 4.69) is 4.98 Å². The van der Waals surface area contributed by atoms with Crippen LogP contribution in [0.5, 0.6) is 0 Å². The predicted octanol–water partition coefficient (Wildman–Crippen LogP) is 1.97. The Hall–Kier alpha value is -1.71. The molecular weight excluding hydrogens is 228 g/mol. The van der Waals surface area contributed by atoms with Crippen molar-refractivity contribution >= 4 is 11.7 Å². The van der Waals surface area contributed by atoms with Gasteiger partial charge in [-0.25, -0.2) is 0 Å². The first kappa shape index (κ1) is 12.7. The van der Waals surface area contributed by atoms with Crippen molar-refractivity contribution < 1.29 is 9.59 Å². The van der Waals surface area contributed by atoms with Gasteiger partial charge in [-0.3, -0.25) is 14.6 Å². The molecule has 1 aromatic heterocycles. The first-order valence-corrected chi connectivity index (χ1v) is 6.29. The molecule has 0 atom stereocenters. The van der Waals surface area contributed by atoms with Crippen LogP contribution in [0.25, 0.3) is 0 Å². The van der Waals surface area contributed by atoms with Crippen LogP contribution in [0.4, 0.5) is 0 Å². The number of rotatable bonds is 2. The van der Waals surface area contributed by atoms with E-state index in [9.17, 15) is 9.59 Å². The number of hydrogen-bond acceptors (Lipinski definition) is 3. The molecule has 18 heavy (non-hydrogen) atoms. The van der Waals surface area contributed by atoms with Crippen molar-refractivity contribution in [2.75, 3.05) is 7.05 Å². The van der Waals surface area contributed by atoms with Gasteiger partial charge in [0.05, 0.1) is 0 Å². The summed E-state index contributed by atoms with van der Waals surface area (Å²) < 4.78 is 0. The van der Waals surface area contributed by atoms with E-state index >= 15 is 0 Å². The minimum Gasteiger partial charge on any atom is -0.339 e. The predicted molar refractivity (Wildman–Crippen MR) is 68.3 cm³/mol. The maximum atomic E-state index is 12.3. The Labute approximate surface area is 107 Å². The third-order valence-corrected chi connectivity index (χ3v) is 3.52. The zero-order valence-electron chi connectivity index (χ0n) is 10.8. The fourth-order valence-electron chi connectivity index (χ4n) is 2.36. The molecule has 0 bridgehead atoms. The lowest BCUT2D eigenvalue weighted by molar-refractivity contribution is -0.121. The van der Waals surface area contributed by atoms with E-state index in [1.165, 1.54) is 0 Å². The summed E-state index contributed by atoms with van der Waals surface area (Å²) in [4.78, 5) is 29.3. The van der Waals surface area contributed by atoms with Crippen molar-refractivity contribution in [2.45, 2.75) is 38.6 Å². The van der Waals surface area contributed by atoms with Crippen LogP contribution in [0.3, 0.4) is 0 Å². The Morgan fingerprint density at radius 1 is 1.39 bits per heavy atom. The highest BCUT2D eigenvalue weighted by atomic mass is 16.2. The zero-order valence-corrected chi connectivity index (χ0v) is 10.8. The van der Waals surface area contributed by atoms with Gasteiger partial charge in [-0.15, -0.1) is 0 Å². The van der Waals surface area contributed by atoms with Crippen molar-refractivity contribution in [2.24, 2.45) is 0 Å². The molecule has 1 aliphatic carbocycles. The standard InChI is InChI=1S/C14H18N2O2/c1-10-9-11(7-8-15-10)14(18)16(2)12-3-5-13(17)6-4-12/h7-9,12H,3-6H2,1-2H3. The molecule has 1 saturated carbocycles. The average Bonchev–Trinajstić information content (AvgIpc) is 2.38. The fraction of sp³-hybridized carbons (Fsp3) is 0.500. The topological polar surface area (TPSA) is 50.3 Å². The number of ketones is 1. The number of Topliss-reactive ketones (excluding diaryl/α,β-unsaturated/α-hetero) is 1. The molecule has 1 amide bonds. The summed E-state index contributed by atoms with van der Waals surface area (Å²) in [7, 11) is 1.82. The molecule has 1 aliphatic rings. The summed E-state index contributed by atoms with van der Waals surface area (Å²) >= 11 is 0. The molecular formula is C14H18N2O2. The molecule has 0 saturated heterocycles. The molecule has 1 heterocycles.